The van der Waals surface area contributed by atoms with Crippen molar-refractivity contribution in [3.8, 4) is 17.0 Å². The number of aryl methyl sites for hydroxylation is 1. The molecule has 1 saturated carbocycles. The first kappa shape index (κ1) is 30.8. The smallest absolute Gasteiger partial charge is 0.391 e. The van der Waals surface area contributed by atoms with Crippen LogP contribution in [-0.2, 0) is 22.8 Å². The molecule has 13 heteroatoms. The Labute approximate surface area is 225 Å². The Morgan fingerprint density at radius 3 is 2.38 bits per heavy atom. The van der Waals surface area contributed by atoms with Gasteiger partial charge in [-0.2, -0.15) is 27.1 Å². The molecular formula is C26H34F5N3O4S. The summed E-state index contributed by atoms with van der Waals surface area (Å²) in [5.41, 5.74) is 1.22. The largest absolute Gasteiger partial charge is 0.434 e. The Bertz CT molecular complexity index is 1270. The molecule has 1 N–H and O–H groups in total. The predicted molar refractivity (Wildman–Crippen MR) is 137 cm³/mol. The third kappa shape index (κ3) is 7.70. The van der Waals surface area contributed by atoms with Crippen molar-refractivity contribution < 1.29 is 39.9 Å². The van der Waals surface area contributed by atoms with Crippen LogP contribution < -0.4 is 10.1 Å². The van der Waals surface area contributed by atoms with Gasteiger partial charge in [-0.05, 0) is 69.6 Å². The summed E-state index contributed by atoms with van der Waals surface area (Å²) in [6, 6.07) is 4.01. The lowest BCUT2D eigenvalue weighted by molar-refractivity contribution is -0.169. The summed E-state index contributed by atoms with van der Waals surface area (Å²) in [5.74, 6) is -2.32. The van der Waals surface area contributed by atoms with Gasteiger partial charge in [-0.1, -0.05) is 13.0 Å². The molecule has 1 heterocycles. The summed E-state index contributed by atoms with van der Waals surface area (Å²) < 4.78 is 95.3. The molecule has 0 saturated heterocycles. The van der Waals surface area contributed by atoms with E-state index < -0.39 is 40.9 Å². The van der Waals surface area contributed by atoms with Crippen LogP contribution in [0, 0.1) is 18.8 Å². The Kier molecular flexibility index (Phi) is 9.66. The molecule has 218 valence electrons. The first-order chi connectivity index (χ1) is 18.1. The number of hydrogen-bond acceptors (Lipinski definition) is 5. The normalized spacial score (nSPS) is 19.2. The van der Waals surface area contributed by atoms with Gasteiger partial charge in [0, 0.05) is 30.5 Å². The lowest BCUT2D eigenvalue weighted by Gasteiger charge is -2.27. The van der Waals surface area contributed by atoms with E-state index in [0.29, 0.717) is 50.0 Å². The number of benzene rings is 1. The Morgan fingerprint density at radius 1 is 1.21 bits per heavy atom. The van der Waals surface area contributed by atoms with Crippen molar-refractivity contribution in [2.45, 2.75) is 77.5 Å². The average molecular weight is 580 g/mol. The minimum absolute atomic E-state index is 0.0921. The van der Waals surface area contributed by atoms with E-state index in [1.165, 1.54) is 29.1 Å². The number of ether oxygens (including phenoxy) is 1. The zero-order valence-corrected chi connectivity index (χ0v) is 23.1. The van der Waals surface area contributed by atoms with Crippen LogP contribution in [0.3, 0.4) is 0 Å². The third-order valence-corrected chi connectivity index (χ3v) is 8.95. The summed E-state index contributed by atoms with van der Waals surface area (Å²) in [7, 11) is -3.09. The van der Waals surface area contributed by atoms with Crippen LogP contribution in [0.25, 0.3) is 11.3 Å². The fraction of sp³-hybridized carbons (Fsp3) is 0.615. The summed E-state index contributed by atoms with van der Waals surface area (Å²) >= 11 is 0. The zero-order valence-electron chi connectivity index (χ0n) is 22.3. The minimum Gasteiger partial charge on any atom is -0.434 e. The van der Waals surface area contributed by atoms with E-state index in [2.05, 4.69) is 10.4 Å². The molecule has 39 heavy (non-hydrogen) atoms. The number of nitrogens with one attached hydrogen (secondary N) is 1. The number of alkyl halides is 5. The van der Waals surface area contributed by atoms with Gasteiger partial charge in [0.2, 0.25) is 0 Å². The fourth-order valence-corrected chi connectivity index (χ4v) is 6.10. The van der Waals surface area contributed by atoms with E-state index in [0.717, 1.165) is 6.92 Å². The summed E-state index contributed by atoms with van der Waals surface area (Å²) in [6.07, 6.45) is -1.20. The highest BCUT2D eigenvalue weighted by molar-refractivity contribution is 7.91. The van der Waals surface area contributed by atoms with Crippen LogP contribution in [0.2, 0.25) is 0 Å². The van der Waals surface area contributed by atoms with E-state index in [-0.39, 0.29) is 33.7 Å². The van der Waals surface area contributed by atoms with Gasteiger partial charge >= 0.3 is 12.8 Å². The van der Waals surface area contributed by atoms with Crippen molar-refractivity contribution in [2.75, 3.05) is 12.8 Å². The SMILES string of the molecule is CCn1nc(C(=O)NCC2CCC(S(C)(=O)=O)CC2)c(C)c1-c1ccc(C[C@H](C)C(F)(F)F)cc1OC(F)F. The van der Waals surface area contributed by atoms with E-state index in [4.69, 9.17) is 4.74 Å². The molecule has 0 unspecified atom stereocenters. The average Bonchev–Trinajstić information content (AvgIpc) is 3.17. The third-order valence-electron chi connectivity index (χ3n) is 7.27. The Balaban J connectivity index is 1.83. The van der Waals surface area contributed by atoms with Gasteiger partial charge in [0.25, 0.3) is 5.91 Å². The van der Waals surface area contributed by atoms with Gasteiger partial charge in [-0.25, -0.2) is 8.42 Å². The molecule has 3 rings (SSSR count). The number of hydrogen-bond donors (Lipinski definition) is 1. The molecule has 1 aromatic carbocycles. The quantitative estimate of drug-likeness (QED) is 0.373. The molecule has 0 aliphatic heterocycles. The number of amides is 1. The van der Waals surface area contributed by atoms with Crippen LogP contribution in [0.4, 0.5) is 22.0 Å². The monoisotopic (exact) mass is 579 g/mol. The fourth-order valence-electron chi connectivity index (χ4n) is 4.97. The zero-order chi connectivity index (χ0) is 29.1. The van der Waals surface area contributed by atoms with Crippen molar-refractivity contribution in [3.05, 3.63) is 35.0 Å². The second-order valence-electron chi connectivity index (χ2n) is 10.2. The minimum atomic E-state index is -4.44. The van der Waals surface area contributed by atoms with Crippen LogP contribution >= 0.6 is 0 Å². The van der Waals surface area contributed by atoms with E-state index in [9.17, 15) is 35.2 Å². The van der Waals surface area contributed by atoms with E-state index in [1.807, 2.05) is 0 Å². The standard InChI is InChI=1S/C26H34F5N3O4S/c1-5-34-23(20-11-8-18(12-15(2)26(29,30)31)13-21(20)38-25(27)28)16(3)22(33-34)24(35)32-14-17-6-9-19(10-7-17)39(4,36)37/h8,11,13,15,17,19,25H,5-7,9-10,12,14H2,1-4H3,(H,32,35)/t15-,17?,19?/m0/s1. The van der Waals surface area contributed by atoms with Gasteiger partial charge in [0.15, 0.2) is 5.69 Å². The maximum absolute atomic E-state index is 13.3. The molecule has 0 spiro atoms. The molecule has 1 aliphatic carbocycles. The number of sulfone groups is 1. The van der Waals surface area contributed by atoms with Gasteiger partial charge < -0.3 is 10.1 Å². The van der Waals surface area contributed by atoms with Gasteiger partial charge in [-0.3, -0.25) is 9.48 Å². The number of aromatic nitrogens is 2. The topological polar surface area (TPSA) is 90.3 Å². The predicted octanol–water partition coefficient (Wildman–Crippen LogP) is 5.55. The highest BCUT2D eigenvalue weighted by Gasteiger charge is 2.36. The van der Waals surface area contributed by atoms with Crippen LogP contribution in [-0.4, -0.2) is 54.9 Å². The molecule has 7 nitrogen and oxygen atoms in total. The van der Waals surface area contributed by atoms with Gasteiger partial charge in [0.1, 0.15) is 15.6 Å². The Morgan fingerprint density at radius 2 is 1.85 bits per heavy atom. The number of halogens is 5. The van der Waals surface area contributed by atoms with E-state index >= 15 is 0 Å². The highest BCUT2D eigenvalue weighted by atomic mass is 32.2. The second kappa shape index (κ2) is 12.2. The molecule has 2 aromatic rings. The maximum atomic E-state index is 13.3. The molecule has 0 bridgehead atoms. The summed E-state index contributed by atoms with van der Waals surface area (Å²) in [5, 5.41) is 6.86. The van der Waals surface area contributed by atoms with Gasteiger partial charge in [-0.15, -0.1) is 0 Å². The van der Waals surface area contributed by atoms with Crippen LogP contribution in [0.5, 0.6) is 5.75 Å². The number of nitrogens with zero attached hydrogens (tertiary/aromatic N) is 2. The molecule has 1 amide bonds. The van der Waals surface area contributed by atoms with Crippen LogP contribution in [0.15, 0.2) is 18.2 Å². The molecule has 1 fully saturated rings. The lowest BCUT2D eigenvalue weighted by atomic mass is 9.89. The molecular weight excluding hydrogens is 545 g/mol. The molecule has 0 radical (unpaired) electrons. The first-order valence-corrected chi connectivity index (χ1v) is 14.8. The van der Waals surface area contributed by atoms with Gasteiger partial charge in [0.05, 0.1) is 16.9 Å². The van der Waals surface area contributed by atoms with Crippen molar-refractivity contribution in [3.63, 3.8) is 0 Å². The molecule has 1 atom stereocenters. The number of carbonyl (C=O) groups excluding carboxylic acids is 1. The van der Waals surface area contributed by atoms with Crippen molar-refractivity contribution in [1.82, 2.24) is 15.1 Å². The molecule has 1 aromatic heterocycles. The van der Waals surface area contributed by atoms with Crippen molar-refractivity contribution in [2.24, 2.45) is 11.8 Å². The van der Waals surface area contributed by atoms with Crippen molar-refractivity contribution >= 4 is 15.7 Å². The maximum Gasteiger partial charge on any atom is 0.391 e. The molecule has 1 aliphatic rings. The van der Waals surface area contributed by atoms with E-state index in [1.54, 1.807) is 13.8 Å². The number of rotatable bonds is 10. The second-order valence-corrected chi connectivity index (χ2v) is 12.5. The van der Waals surface area contributed by atoms with Crippen molar-refractivity contribution in [1.29, 1.82) is 0 Å². The highest BCUT2D eigenvalue weighted by Crippen LogP contribution is 2.37. The van der Waals surface area contributed by atoms with Crippen LogP contribution in [0.1, 0.15) is 61.1 Å². The number of carbonyl (C=O) groups is 1. The summed E-state index contributed by atoms with van der Waals surface area (Å²) in [4.78, 5) is 13.0. The first-order valence-electron chi connectivity index (χ1n) is 12.8. The summed E-state index contributed by atoms with van der Waals surface area (Å²) in [6.45, 7) is 1.81. The Hall–Kier alpha value is -2.70. The lowest BCUT2D eigenvalue weighted by Crippen LogP contribution is -2.34.